The molecule has 3 heterocycles. The van der Waals surface area contributed by atoms with E-state index in [2.05, 4.69) is 15.0 Å². The highest BCUT2D eigenvalue weighted by Crippen LogP contribution is 2.44. The molecule has 4 aromatic rings. The predicted octanol–water partition coefficient (Wildman–Crippen LogP) is 3.77. The number of aromatic nitrogens is 4. The van der Waals surface area contributed by atoms with E-state index in [1.807, 2.05) is 0 Å². The Bertz CT molecular complexity index is 1450. The topological polar surface area (TPSA) is 131 Å². The van der Waals surface area contributed by atoms with Crippen molar-refractivity contribution in [1.29, 1.82) is 0 Å². The summed E-state index contributed by atoms with van der Waals surface area (Å²) in [7, 11) is 0. The number of nitrogen functional groups attached to an aromatic ring is 1. The van der Waals surface area contributed by atoms with Crippen LogP contribution in [0.2, 0.25) is 5.15 Å². The number of carbonyl (C=O) groups is 2. The quantitative estimate of drug-likeness (QED) is 0.295. The van der Waals surface area contributed by atoms with Crippen LogP contribution in [0.5, 0.6) is 0 Å². The number of anilines is 1. The summed E-state index contributed by atoms with van der Waals surface area (Å²) in [6, 6.07) is 16.4. The van der Waals surface area contributed by atoms with Crippen LogP contribution in [0.15, 0.2) is 67.0 Å². The van der Waals surface area contributed by atoms with Crippen LogP contribution in [0.25, 0.3) is 11.2 Å². The van der Waals surface area contributed by atoms with Gasteiger partial charge in [0.15, 0.2) is 28.8 Å². The van der Waals surface area contributed by atoms with E-state index in [0.717, 1.165) is 0 Å². The highest BCUT2D eigenvalue weighted by molar-refractivity contribution is 6.33. The van der Waals surface area contributed by atoms with Gasteiger partial charge in [-0.05, 0) is 31.2 Å². The summed E-state index contributed by atoms with van der Waals surface area (Å²) in [5.41, 5.74) is 4.75. The second kappa shape index (κ2) is 9.75. The lowest BCUT2D eigenvalue weighted by molar-refractivity contribution is -0.0998. The minimum absolute atomic E-state index is 0.00706. The first-order valence-electron chi connectivity index (χ1n) is 11.2. The third kappa shape index (κ3) is 4.58. The molecule has 37 heavy (non-hydrogen) atoms. The van der Waals surface area contributed by atoms with Crippen LogP contribution in [0.3, 0.4) is 0 Å². The van der Waals surface area contributed by atoms with E-state index in [0.29, 0.717) is 5.56 Å². The molecular weight excluding hydrogens is 505 g/mol. The number of carbonyl (C=O) groups excluding carboxylic acids is 2. The molecule has 2 aromatic carbocycles. The maximum Gasteiger partial charge on any atom is 0.338 e. The number of ether oxygens (including phenoxy) is 3. The standard InChI is InChI=1S/C25H21ClFN5O5/c1-25(37-22(34)15-10-6-3-7-11-15)18(27)16(12-35-21(33)14-8-4-2-5-9-14)36-23(25)32-13-29-17-19(26)30-24(28)31-20(17)32/h2-11,13,16,18,23H,12H2,1H3,(H2,28,30,31)/t16-,18-,23+,25+/m1/s1. The summed E-state index contributed by atoms with van der Waals surface area (Å²) in [5.74, 6) is -1.55. The maximum atomic E-state index is 16.1. The molecule has 0 bridgehead atoms. The molecular formula is C25H21ClFN5O5. The van der Waals surface area contributed by atoms with Gasteiger partial charge in [0, 0.05) is 0 Å². The fourth-order valence-electron chi connectivity index (χ4n) is 4.16. The molecule has 5 rings (SSSR count). The van der Waals surface area contributed by atoms with Crippen LogP contribution in [-0.2, 0) is 14.2 Å². The van der Waals surface area contributed by atoms with Gasteiger partial charge in [-0.2, -0.15) is 9.97 Å². The molecule has 190 valence electrons. The van der Waals surface area contributed by atoms with Gasteiger partial charge in [-0.3, -0.25) is 4.57 Å². The first-order valence-corrected chi connectivity index (χ1v) is 11.6. The fourth-order valence-corrected chi connectivity index (χ4v) is 4.38. The fraction of sp³-hybridized carbons (Fsp3) is 0.240. The van der Waals surface area contributed by atoms with Crippen molar-refractivity contribution in [3.05, 3.63) is 83.3 Å². The molecule has 1 saturated heterocycles. The number of benzene rings is 2. The molecule has 0 saturated carbocycles. The van der Waals surface area contributed by atoms with Crippen molar-refractivity contribution in [3.8, 4) is 0 Å². The SMILES string of the molecule is C[C@]1(OC(=O)c2ccccc2)[C@H](F)[C@@H](COC(=O)c2ccccc2)O[C@@H]1n1cnc2c(Cl)nc(N)nc21. The van der Waals surface area contributed by atoms with Crippen molar-refractivity contribution >= 4 is 40.7 Å². The first kappa shape index (κ1) is 24.6. The van der Waals surface area contributed by atoms with Crippen molar-refractivity contribution in [3.63, 3.8) is 0 Å². The molecule has 0 aliphatic carbocycles. The minimum atomic E-state index is -1.90. The van der Waals surface area contributed by atoms with Gasteiger partial charge in [0.25, 0.3) is 0 Å². The minimum Gasteiger partial charge on any atom is -0.459 e. The molecule has 0 radical (unpaired) electrons. The Kier molecular flexibility index (Phi) is 6.48. The molecule has 1 aliphatic rings. The lowest BCUT2D eigenvalue weighted by Gasteiger charge is -2.31. The zero-order valence-electron chi connectivity index (χ0n) is 19.5. The van der Waals surface area contributed by atoms with Gasteiger partial charge in [-0.25, -0.2) is 19.0 Å². The summed E-state index contributed by atoms with van der Waals surface area (Å²) >= 11 is 6.15. The van der Waals surface area contributed by atoms with E-state index < -0.39 is 42.7 Å². The van der Waals surface area contributed by atoms with E-state index in [-0.39, 0.29) is 27.8 Å². The third-order valence-corrected chi connectivity index (χ3v) is 6.29. The number of hydrogen-bond donors (Lipinski definition) is 1. The van der Waals surface area contributed by atoms with Crippen molar-refractivity contribution in [1.82, 2.24) is 19.5 Å². The van der Waals surface area contributed by atoms with Crippen LogP contribution in [0.4, 0.5) is 10.3 Å². The number of imidazole rings is 1. The van der Waals surface area contributed by atoms with Crippen LogP contribution >= 0.6 is 11.6 Å². The molecule has 4 atom stereocenters. The number of esters is 2. The average molecular weight is 526 g/mol. The average Bonchev–Trinajstić information content (AvgIpc) is 3.42. The second-order valence-corrected chi connectivity index (χ2v) is 8.89. The normalized spacial score (nSPS) is 23.2. The largest absolute Gasteiger partial charge is 0.459 e. The molecule has 1 aliphatic heterocycles. The highest BCUT2D eigenvalue weighted by Gasteiger charge is 2.59. The van der Waals surface area contributed by atoms with Gasteiger partial charge >= 0.3 is 11.9 Å². The van der Waals surface area contributed by atoms with Crippen molar-refractivity contribution in [2.24, 2.45) is 0 Å². The van der Waals surface area contributed by atoms with E-state index in [1.165, 1.54) is 17.8 Å². The Hall–Kier alpha value is -4.09. The molecule has 2 N–H and O–H groups in total. The number of alkyl halides is 1. The summed E-state index contributed by atoms with van der Waals surface area (Å²) in [4.78, 5) is 37.6. The van der Waals surface area contributed by atoms with E-state index in [1.54, 1.807) is 60.7 Å². The molecule has 10 nitrogen and oxygen atoms in total. The lowest BCUT2D eigenvalue weighted by atomic mass is 9.97. The summed E-state index contributed by atoms with van der Waals surface area (Å²) in [6.45, 7) is 0.953. The molecule has 2 aromatic heterocycles. The lowest BCUT2D eigenvalue weighted by Crippen LogP contribution is -2.46. The van der Waals surface area contributed by atoms with Crippen LogP contribution in [0, 0.1) is 0 Å². The monoisotopic (exact) mass is 525 g/mol. The Labute approximate surface area is 215 Å². The summed E-state index contributed by atoms with van der Waals surface area (Å²) in [5, 5.41) is -0.00706. The van der Waals surface area contributed by atoms with Crippen LogP contribution in [0.1, 0.15) is 33.9 Å². The van der Waals surface area contributed by atoms with Crippen molar-refractivity contribution in [2.45, 2.75) is 31.0 Å². The zero-order valence-corrected chi connectivity index (χ0v) is 20.2. The maximum absolute atomic E-state index is 16.1. The Morgan fingerprint density at radius 2 is 1.70 bits per heavy atom. The number of halogens is 2. The summed E-state index contributed by atoms with van der Waals surface area (Å²) in [6.07, 6.45) is -3.13. The number of rotatable bonds is 6. The summed E-state index contributed by atoms with van der Waals surface area (Å²) < 4.78 is 34.5. The number of hydrogen-bond acceptors (Lipinski definition) is 9. The number of nitrogens with zero attached hydrogens (tertiary/aromatic N) is 4. The van der Waals surface area contributed by atoms with Gasteiger partial charge in [0.1, 0.15) is 18.2 Å². The van der Waals surface area contributed by atoms with E-state index in [4.69, 9.17) is 31.5 Å². The van der Waals surface area contributed by atoms with Crippen LogP contribution in [-0.4, -0.2) is 55.9 Å². The molecule has 1 fully saturated rings. The number of fused-ring (bicyclic) bond motifs is 1. The molecule has 0 spiro atoms. The Balaban J connectivity index is 1.48. The first-order chi connectivity index (χ1) is 17.8. The zero-order chi connectivity index (χ0) is 26.2. The molecule has 0 amide bonds. The van der Waals surface area contributed by atoms with Crippen molar-refractivity contribution in [2.75, 3.05) is 12.3 Å². The predicted molar refractivity (Wildman–Crippen MR) is 131 cm³/mol. The molecule has 12 heteroatoms. The van der Waals surface area contributed by atoms with Gasteiger partial charge in [0.2, 0.25) is 5.95 Å². The smallest absolute Gasteiger partial charge is 0.338 e. The molecule has 0 unspecified atom stereocenters. The van der Waals surface area contributed by atoms with Crippen LogP contribution < -0.4 is 5.73 Å². The number of nitrogens with two attached hydrogens (primary N) is 1. The van der Waals surface area contributed by atoms with Gasteiger partial charge in [-0.15, -0.1) is 0 Å². The van der Waals surface area contributed by atoms with Gasteiger partial charge in [-0.1, -0.05) is 48.0 Å². The third-order valence-electron chi connectivity index (χ3n) is 6.03. The Morgan fingerprint density at radius 1 is 1.08 bits per heavy atom. The second-order valence-electron chi connectivity index (χ2n) is 8.53. The van der Waals surface area contributed by atoms with Gasteiger partial charge in [0.05, 0.1) is 17.5 Å². The van der Waals surface area contributed by atoms with E-state index >= 15 is 4.39 Å². The van der Waals surface area contributed by atoms with E-state index in [9.17, 15) is 9.59 Å². The van der Waals surface area contributed by atoms with Crippen molar-refractivity contribution < 1.29 is 28.2 Å². The Morgan fingerprint density at radius 3 is 2.35 bits per heavy atom. The highest BCUT2D eigenvalue weighted by atomic mass is 35.5. The van der Waals surface area contributed by atoms with Gasteiger partial charge < -0.3 is 19.9 Å².